The Balaban J connectivity index is 1.35. The molecule has 1 aliphatic heterocycles. The second-order valence-electron chi connectivity index (χ2n) is 20.8. The van der Waals surface area contributed by atoms with Gasteiger partial charge in [-0.05, 0) is 72.5 Å². The quantitative estimate of drug-likeness (QED) is 0.0149. The SMILES string of the molecule is C=CCOC(=O)O[C@@H](C(=O)O[C@H]1C[C@@]2(O)[C@@H](OC(=O)c3ccccc3)[C@@H]3[C@]4(OC(C)=O)CO[C@@H]4C[C@H](OC(=O)c4cc(N=[N+]=[N-])ccc4[N+](=O)[O-])[C@@]3(C)C(=O)[C@H](OC(C)=O)C(=C1C)C2(C)C)[C@@H](NC(=O)c1ccccc1)c1ccccc1. The molecule has 1 saturated heterocycles. The van der Waals surface area contributed by atoms with Crippen molar-refractivity contribution < 1.29 is 86.3 Å². The van der Waals surface area contributed by atoms with Crippen molar-refractivity contribution in [3.05, 3.63) is 176 Å². The van der Waals surface area contributed by atoms with Crippen molar-refractivity contribution in [2.75, 3.05) is 13.2 Å². The summed E-state index contributed by atoms with van der Waals surface area (Å²) in [4.78, 5) is 130. The highest BCUT2D eigenvalue weighted by atomic mass is 16.7. The fraction of sp³-hybridized carbons (Fsp3) is 0.379. The number of nitrogens with zero attached hydrogens (tertiary/aromatic N) is 4. The lowest BCUT2D eigenvalue weighted by molar-refractivity contribution is -0.385. The minimum absolute atomic E-state index is 0.0234. The summed E-state index contributed by atoms with van der Waals surface area (Å²) < 4.78 is 48.2. The standard InChI is InChI=1S/C58H57N5O19/c1-8-26-75-54(71)80-46(44(34-18-12-9-13-19-34)60-50(67)35-20-14-10-15-21-35)53(70)78-40-29-58(72)49(81-51(68)36-22-16-11-17-23-36)47-56(7,48(66)45(77-32(3)64)43(31(40)2)55(58,5)6)41(28-42-57(47,30-76-42)82-33(4)65)79-52(69)38-27-37(61-62-59)24-25-39(38)63(73)74/h8-25,27,40-42,44-47,49,72H,1,26,28-30H2,2-7H3,(H,60,67)/t40-,41-,42+,44-,45+,46+,47-,49-,56+,57-,58+/m0/s1. The molecular formula is C58H57N5O19. The van der Waals surface area contributed by atoms with Crippen LogP contribution in [0.1, 0.15) is 97.1 Å². The summed E-state index contributed by atoms with van der Waals surface area (Å²) in [6.45, 7) is 10.2. The lowest BCUT2D eigenvalue weighted by atomic mass is 9.44. The fourth-order valence-corrected chi connectivity index (χ4v) is 11.9. The van der Waals surface area contributed by atoms with E-state index in [0.29, 0.717) is 0 Å². The zero-order valence-corrected chi connectivity index (χ0v) is 45.2. The van der Waals surface area contributed by atoms with Gasteiger partial charge in [-0.2, -0.15) is 0 Å². The third kappa shape index (κ3) is 10.9. The van der Waals surface area contributed by atoms with Crippen LogP contribution >= 0.6 is 0 Å². The van der Waals surface area contributed by atoms with E-state index in [2.05, 4.69) is 21.9 Å². The van der Waals surface area contributed by atoms with Crippen molar-refractivity contribution in [3.63, 3.8) is 0 Å². The smallest absolute Gasteiger partial charge is 0.457 e. The second-order valence-corrected chi connectivity index (χ2v) is 20.8. The largest absolute Gasteiger partial charge is 0.509 e. The molecule has 24 nitrogen and oxygen atoms in total. The van der Waals surface area contributed by atoms with Crippen molar-refractivity contribution in [2.24, 2.45) is 21.9 Å². The number of benzene rings is 4. The number of amides is 1. The van der Waals surface area contributed by atoms with E-state index in [1.165, 1.54) is 82.3 Å². The molecule has 0 spiro atoms. The maximum absolute atomic E-state index is 16.5. The first kappa shape index (κ1) is 58.9. The van der Waals surface area contributed by atoms with Gasteiger partial charge in [0, 0.05) is 54.3 Å². The number of ketones is 1. The number of hydrogen-bond donors (Lipinski definition) is 2. The van der Waals surface area contributed by atoms with E-state index < -0.39 is 154 Å². The number of fused-ring (bicyclic) bond motifs is 5. The Morgan fingerprint density at radius 2 is 1.52 bits per heavy atom. The zero-order chi connectivity index (χ0) is 59.5. The number of nitrogens with one attached hydrogen (secondary N) is 1. The number of rotatable bonds is 17. The van der Waals surface area contributed by atoms with Crippen LogP contribution in [-0.4, -0.2) is 119 Å². The number of aliphatic hydroxyl groups is 1. The normalized spacial score (nSPS) is 26.5. The van der Waals surface area contributed by atoms with Gasteiger partial charge in [0.25, 0.3) is 11.6 Å². The van der Waals surface area contributed by atoms with Gasteiger partial charge in [0.15, 0.2) is 17.5 Å². The molecule has 2 saturated carbocycles. The summed E-state index contributed by atoms with van der Waals surface area (Å²) in [6, 6.07) is 24.6. The summed E-state index contributed by atoms with van der Waals surface area (Å²) in [5, 5.41) is 32.9. The minimum Gasteiger partial charge on any atom is -0.457 e. The van der Waals surface area contributed by atoms with Crippen molar-refractivity contribution >= 4 is 59.1 Å². The highest BCUT2D eigenvalue weighted by Gasteiger charge is 2.79. The first-order chi connectivity index (χ1) is 38.9. The van der Waals surface area contributed by atoms with E-state index in [1.807, 2.05) is 0 Å². The average molecular weight is 1130 g/mol. The van der Waals surface area contributed by atoms with Gasteiger partial charge in [-0.15, -0.1) is 0 Å². The first-order valence-electron chi connectivity index (χ1n) is 25.8. The molecule has 1 heterocycles. The minimum atomic E-state index is -2.69. The second kappa shape index (κ2) is 23.5. The fourth-order valence-electron chi connectivity index (χ4n) is 11.9. The molecule has 8 rings (SSSR count). The van der Waals surface area contributed by atoms with Crippen LogP contribution in [-0.2, 0) is 57.1 Å². The van der Waals surface area contributed by atoms with Crippen LogP contribution in [0.15, 0.2) is 138 Å². The number of nitro benzene ring substituents is 1. The molecular weight excluding hydrogens is 1070 g/mol. The van der Waals surface area contributed by atoms with Crippen molar-refractivity contribution in [1.82, 2.24) is 5.32 Å². The highest BCUT2D eigenvalue weighted by Crippen LogP contribution is 2.65. The molecule has 3 aliphatic carbocycles. The van der Waals surface area contributed by atoms with E-state index in [4.69, 9.17) is 37.9 Å². The monoisotopic (exact) mass is 1130 g/mol. The summed E-state index contributed by atoms with van der Waals surface area (Å²) in [5.74, 6) is -9.61. The number of Topliss-reactive ketones (excluding diaryl/α,β-unsaturated/α-hetero) is 1. The van der Waals surface area contributed by atoms with E-state index in [-0.39, 0.29) is 40.1 Å². The van der Waals surface area contributed by atoms with E-state index in [0.717, 1.165) is 32.0 Å². The molecule has 3 fully saturated rings. The van der Waals surface area contributed by atoms with E-state index in [1.54, 1.807) is 42.5 Å². The van der Waals surface area contributed by atoms with Crippen molar-refractivity contribution in [1.29, 1.82) is 0 Å². The van der Waals surface area contributed by atoms with Crippen LogP contribution in [0.2, 0.25) is 0 Å². The van der Waals surface area contributed by atoms with Crippen LogP contribution in [0, 0.1) is 26.9 Å². The lowest BCUT2D eigenvalue weighted by Crippen LogP contribution is -2.82. The summed E-state index contributed by atoms with van der Waals surface area (Å²) in [5.41, 5.74) is -1.64. The number of carbonyl (C=O) groups excluding carboxylic acids is 8. The molecule has 82 heavy (non-hydrogen) atoms. The third-order valence-electron chi connectivity index (χ3n) is 15.8. The summed E-state index contributed by atoms with van der Waals surface area (Å²) in [7, 11) is 0. The van der Waals surface area contributed by atoms with Crippen molar-refractivity contribution in [2.45, 2.75) is 108 Å². The Bertz CT molecular complexity index is 3310. The van der Waals surface area contributed by atoms with Gasteiger partial charge in [-0.25, -0.2) is 19.2 Å². The Hall–Kier alpha value is -9.25. The molecule has 4 aliphatic rings. The van der Waals surface area contributed by atoms with E-state index in [9.17, 15) is 49.5 Å². The maximum atomic E-state index is 16.5. The molecule has 0 radical (unpaired) electrons. The molecule has 0 unspecified atom stereocenters. The highest BCUT2D eigenvalue weighted by molar-refractivity contribution is 5.98. The molecule has 428 valence electrons. The molecule has 2 bridgehead atoms. The molecule has 1 amide bonds. The molecule has 24 heteroatoms. The lowest BCUT2D eigenvalue weighted by Gasteiger charge is -2.67. The number of nitro groups is 1. The summed E-state index contributed by atoms with van der Waals surface area (Å²) in [6.07, 6.45) is -12.7. The average Bonchev–Trinajstić information content (AvgIpc) is 0.719. The van der Waals surface area contributed by atoms with Gasteiger partial charge in [0.1, 0.15) is 48.2 Å². The van der Waals surface area contributed by atoms with Gasteiger partial charge in [-0.3, -0.25) is 29.3 Å². The zero-order valence-electron chi connectivity index (χ0n) is 45.2. The Kier molecular flexibility index (Phi) is 16.8. The number of hydrogen-bond acceptors (Lipinski definition) is 20. The number of azide groups is 1. The van der Waals surface area contributed by atoms with Crippen LogP contribution in [0.4, 0.5) is 16.2 Å². The predicted octanol–water partition coefficient (Wildman–Crippen LogP) is 7.80. The number of ether oxygens (including phenoxy) is 8. The molecule has 11 atom stereocenters. The third-order valence-corrected chi connectivity index (χ3v) is 15.8. The van der Waals surface area contributed by atoms with Gasteiger partial charge in [-0.1, -0.05) is 98.3 Å². The van der Waals surface area contributed by atoms with Crippen LogP contribution in [0.3, 0.4) is 0 Å². The Morgan fingerprint density at radius 1 is 0.890 bits per heavy atom. The molecule has 0 aromatic heterocycles. The van der Waals surface area contributed by atoms with Crippen LogP contribution < -0.4 is 5.32 Å². The molecule has 2 N–H and O–H groups in total. The topological polar surface area (TPSA) is 335 Å². The molecule has 4 aromatic carbocycles. The van der Waals surface area contributed by atoms with Gasteiger partial charge in [0.2, 0.25) is 6.10 Å². The Labute approximate surface area is 468 Å². The summed E-state index contributed by atoms with van der Waals surface area (Å²) >= 11 is 0. The van der Waals surface area contributed by atoms with Crippen LogP contribution in [0.25, 0.3) is 10.4 Å². The first-order valence-corrected chi connectivity index (χ1v) is 25.8. The van der Waals surface area contributed by atoms with Crippen molar-refractivity contribution in [3.8, 4) is 0 Å². The van der Waals surface area contributed by atoms with Gasteiger partial charge >= 0.3 is 36.0 Å². The van der Waals surface area contributed by atoms with Crippen LogP contribution in [0.5, 0.6) is 0 Å². The number of esters is 5. The maximum Gasteiger partial charge on any atom is 0.509 e. The van der Waals surface area contributed by atoms with Gasteiger partial charge < -0.3 is 48.3 Å². The number of carbonyl (C=O) groups is 8. The Morgan fingerprint density at radius 3 is 2.10 bits per heavy atom. The molecule has 4 aromatic rings. The van der Waals surface area contributed by atoms with Gasteiger partial charge in [0.05, 0.1) is 28.4 Å². The predicted molar refractivity (Wildman–Crippen MR) is 283 cm³/mol. The van der Waals surface area contributed by atoms with E-state index >= 15 is 9.59 Å².